The van der Waals surface area contributed by atoms with E-state index >= 15 is 0 Å². The Kier molecular flexibility index (Phi) is 0.969. The minimum atomic E-state index is 0.802. The molecule has 3 heteroatoms. The molecule has 0 bridgehead atoms. The highest BCUT2D eigenvalue weighted by atomic mass is 15.4. The van der Waals surface area contributed by atoms with Gasteiger partial charge in [0, 0.05) is 12.4 Å². The Balaban J connectivity index is 2.26. The lowest BCUT2D eigenvalue weighted by Crippen LogP contribution is -2.38. The third kappa shape index (κ3) is 0.621. The second kappa shape index (κ2) is 1.67. The van der Waals surface area contributed by atoms with Gasteiger partial charge in [-0.2, -0.15) is 0 Å². The number of hydrogen-bond donors (Lipinski definition) is 3. The molecule has 0 saturated heterocycles. The lowest BCUT2D eigenvalue weighted by Gasteiger charge is -2.07. The predicted molar refractivity (Wildman–Crippen MR) is 23.4 cm³/mol. The lowest BCUT2D eigenvalue weighted by molar-refractivity contribution is 0.565. The zero-order valence-electron chi connectivity index (χ0n) is 3.36. The van der Waals surface area contributed by atoms with Crippen LogP contribution in [0.4, 0.5) is 0 Å². The lowest BCUT2D eigenvalue weighted by atomic mass is 10.8. The minimum Gasteiger partial charge on any atom is -0.376 e. The van der Waals surface area contributed by atoms with Crippen LogP contribution in [-0.2, 0) is 0 Å². The largest absolute Gasteiger partial charge is 0.376 e. The molecule has 1 heterocycles. The van der Waals surface area contributed by atoms with E-state index < -0.39 is 0 Å². The van der Waals surface area contributed by atoms with E-state index in [-0.39, 0.29) is 0 Å². The van der Waals surface area contributed by atoms with Crippen molar-refractivity contribution >= 4 is 0 Å². The molecule has 6 heavy (non-hydrogen) atoms. The predicted octanol–water partition coefficient (Wildman–Crippen LogP) is -0.888. The van der Waals surface area contributed by atoms with Crippen LogP contribution in [0, 0.1) is 0 Å². The molecule has 3 nitrogen and oxygen atoms in total. The van der Waals surface area contributed by atoms with Crippen molar-refractivity contribution in [3.05, 3.63) is 12.4 Å². The van der Waals surface area contributed by atoms with Gasteiger partial charge in [-0.25, -0.2) is 5.43 Å². The summed E-state index contributed by atoms with van der Waals surface area (Å²) >= 11 is 0. The Morgan fingerprint density at radius 1 is 1.33 bits per heavy atom. The maximum Gasteiger partial charge on any atom is 0.0822 e. The molecule has 0 amide bonds. The van der Waals surface area contributed by atoms with Crippen LogP contribution in [0.25, 0.3) is 0 Å². The normalized spacial score (nSPS) is 18.7. The fraction of sp³-hybridized carbons (Fsp3) is 0.333. The van der Waals surface area contributed by atoms with Gasteiger partial charge in [0.1, 0.15) is 0 Å². The first-order chi connectivity index (χ1) is 3.00. The van der Waals surface area contributed by atoms with Gasteiger partial charge in [0.05, 0.1) is 6.67 Å². The Hall–Kier alpha value is -0.700. The van der Waals surface area contributed by atoms with Gasteiger partial charge in [0.2, 0.25) is 0 Å². The van der Waals surface area contributed by atoms with Crippen LogP contribution in [0.15, 0.2) is 12.4 Å². The fourth-order valence-electron chi connectivity index (χ4n) is 0.321. The Morgan fingerprint density at radius 3 is 2.50 bits per heavy atom. The fourth-order valence-corrected chi connectivity index (χ4v) is 0.321. The summed E-state index contributed by atoms with van der Waals surface area (Å²) in [6.07, 6.45) is 3.64. The van der Waals surface area contributed by atoms with Gasteiger partial charge in [-0.1, -0.05) is 0 Å². The molecule has 0 spiro atoms. The van der Waals surface area contributed by atoms with E-state index in [4.69, 9.17) is 0 Å². The van der Waals surface area contributed by atoms with Crippen molar-refractivity contribution in [2.75, 3.05) is 6.67 Å². The molecular weight excluding hydrogens is 78.1 g/mol. The van der Waals surface area contributed by atoms with Crippen LogP contribution in [0.3, 0.4) is 0 Å². The molecule has 1 aliphatic rings. The highest BCUT2D eigenvalue weighted by Gasteiger charge is 1.79. The number of rotatable bonds is 0. The molecule has 0 saturated carbocycles. The first-order valence-electron chi connectivity index (χ1n) is 1.87. The molecule has 0 aromatic rings. The second-order valence-corrected chi connectivity index (χ2v) is 1.04. The first-order valence-corrected chi connectivity index (χ1v) is 1.87. The summed E-state index contributed by atoms with van der Waals surface area (Å²) in [4.78, 5) is 0. The van der Waals surface area contributed by atoms with Gasteiger partial charge in [0.15, 0.2) is 0 Å². The van der Waals surface area contributed by atoms with Crippen molar-refractivity contribution in [3.8, 4) is 0 Å². The molecule has 34 valence electrons. The van der Waals surface area contributed by atoms with Gasteiger partial charge in [-0.3, -0.25) is 0 Å². The Labute approximate surface area is 36.4 Å². The van der Waals surface area contributed by atoms with Gasteiger partial charge in [-0.15, -0.1) is 0 Å². The number of nitrogens with one attached hydrogen (secondary N) is 3. The molecule has 0 aromatic heterocycles. The van der Waals surface area contributed by atoms with E-state index in [1.54, 1.807) is 6.20 Å². The molecular formula is C3H7N3. The highest BCUT2D eigenvalue weighted by Crippen LogP contribution is 1.61. The van der Waals surface area contributed by atoms with Crippen LogP contribution in [0.1, 0.15) is 0 Å². The van der Waals surface area contributed by atoms with Gasteiger partial charge < -0.3 is 10.7 Å². The van der Waals surface area contributed by atoms with Crippen molar-refractivity contribution in [2.24, 2.45) is 0 Å². The summed E-state index contributed by atoms with van der Waals surface area (Å²) in [5, 5.41) is 2.93. The average Bonchev–Trinajstić information content (AvgIpc) is 1.72. The van der Waals surface area contributed by atoms with Crippen molar-refractivity contribution in [1.82, 2.24) is 16.2 Å². The molecule has 0 atom stereocenters. The van der Waals surface area contributed by atoms with Crippen LogP contribution in [0.2, 0.25) is 0 Å². The second-order valence-electron chi connectivity index (χ2n) is 1.04. The van der Waals surface area contributed by atoms with Crippen molar-refractivity contribution in [3.63, 3.8) is 0 Å². The quantitative estimate of drug-likeness (QED) is 0.357. The van der Waals surface area contributed by atoms with Crippen molar-refractivity contribution < 1.29 is 0 Å². The molecule has 1 rings (SSSR count). The van der Waals surface area contributed by atoms with E-state index in [2.05, 4.69) is 16.2 Å². The molecule has 0 aromatic carbocycles. The standard InChI is InChI=1S/C3H7N3/c1-2-5-6-3-4-1/h1-2,4-6H,3H2. The summed E-state index contributed by atoms with van der Waals surface area (Å²) in [5.41, 5.74) is 5.63. The zero-order valence-corrected chi connectivity index (χ0v) is 3.36. The summed E-state index contributed by atoms with van der Waals surface area (Å²) < 4.78 is 0. The third-order valence-corrected chi connectivity index (χ3v) is 0.577. The first kappa shape index (κ1) is 3.49. The zero-order chi connectivity index (χ0) is 4.24. The minimum absolute atomic E-state index is 0.802. The van der Waals surface area contributed by atoms with E-state index in [0.717, 1.165) is 6.67 Å². The SMILES string of the molecule is C1=CNNCN1. The summed E-state index contributed by atoms with van der Waals surface area (Å²) in [6, 6.07) is 0. The van der Waals surface area contributed by atoms with Gasteiger partial charge in [0.25, 0.3) is 0 Å². The van der Waals surface area contributed by atoms with Crippen molar-refractivity contribution in [2.45, 2.75) is 0 Å². The average molecular weight is 85.1 g/mol. The molecule has 0 unspecified atom stereocenters. The third-order valence-electron chi connectivity index (χ3n) is 0.577. The molecule has 0 radical (unpaired) electrons. The Bertz CT molecular complexity index is 51.1. The highest BCUT2D eigenvalue weighted by molar-refractivity contribution is 4.77. The maximum absolute atomic E-state index is 2.93. The summed E-state index contributed by atoms with van der Waals surface area (Å²) in [6.45, 7) is 0.802. The topological polar surface area (TPSA) is 36.1 Å². The number of hydrogen-bond acceptors (Lipinski definition) is 3. The van der Waals surface area contributed by atoms with Gasteiger partial charge >= 0.3 is 0 Å². The summed E-state index contributed by atoms with van der Waals surface area (Å²) in [7, 11) is 0. The Morgan fingerprint density at radius 2 is 2.33 bits per heavy atom. The van der Waals surface area contributed by atoms with E-state index in [0.29, 0.717) is 0 Å². The van der Waals surface area contributed by atoms with Crippen LogP contribution < -0.4 is 16.2 Å². The van der Waals surface area contributed by atoms with Crippen LogP contribution >= 0.6 is 0 Å². The van der Waals surface area contributed by atoms with Crippen molar-refractivity contribution in [1.29, 1.82) is 0 Å². The van der Waals surface area contributed by atoms with Crippen LogP contribution in [-0.4, -0.2) is 6.67 Å². The summed E-state index contributed by atoms with van der Waals surface area (Å²) in [5.74, 6) is 0. The molecule has 0 fully saturated rings. The smallest absolute Gasteiger partial charge is 0.0822 e. The monoisotopic (exact) mass is 85.1 g/mol. The number of hydrazine groups is 1. The maximum atomic E-state index is 2.93. The van der Waals surface area contributed by atoms with Gasteiger partial charge in [-0.05, 0) is 0 Å². The van der Waals surface area contributed by atoms with E-state index in [1.165, 1.54) is 0 Å². The molecule has 3 N–H and O–H groups in total. The molecule has 0 aliphatic carbocycles. The molecule has 1 aliphatic heterocycles. The van der Waals surface area contributed by atoms with E-state index in [1.807, 2.05) is 6.20 Å². The van der Waals surface area contributed by atoms with Crippen LogP contribution in [0.5, 0.6) is 0 Å². The van der Waals surface area contributed by atoms with E-state index in [9.17, 15) is 0 Å².